The van der Waals surface area contributed by atoms with E-state index < -0.39 is 48.4 Å². The lowest BCUT2D eigenvalue weighted by molar-refractivity contribution is -0.138. The maximum Gasteiger partial charge on any atom is 0.322 e. The van der Waals surface area contributed by atoms with E-state index in [-0.39, 0.29) is 12.2 Å². The van der Waals surface area contributed by atoms with Gasteiger partial charge in [-0.1, -0.05) is 0 Å². The minimum absolute atomic E-state index is 0.0660. The number of carbonyl (C=O) groups excluding carboxylic acids is 3. The first-order valence-corrected chi connectivity index (χ1v) is 10.7. The Morgan fingerprint density at radius 1 is 1.24 bits per heavy atom. The predicted molar refractivity (Wildman–Crippen MR) is 112 cm³/mol. The summed E-state index contributed by atoms with van der Waals surface area (Å²) < 4.78 is 0. The molecule has 1 heterocycles. The molecule has 0 aliphatic heterocycles. The zero-order chi connectivity index (χ0) is 21.8. The number of aliphatic carboxylic acids is 1. The molecular weight excluding hydrogens is 420 g/mol. The van der Waals surface area contributed by atoms with Gasteiger partial charge < -0.3 is 31.8 Å². The number of H-pyrrole nitrogens is 1. The molecule has 29 heavy (non-hydrogen) atoms. The SMILES string of the molecule is CSCCC(NC(=O)C(N)CS)C(=O)NC(Cc1cnc[nH]1)C(=O)NCC(=O)O. The van der Waals surface area contributed by atoms with E-state index in [1.54, 1.807) is 0 Å². The summed E-state index contributed by atoms with van der Waals surface area (Å²) >= 11 is 5.46. The first-order valence-electron chi connectivity index (χ1n) is 8.71. The van der Waals surface area contributed by atoms with Crippen LogP contribution in [0.5, 0.6) is 0 Å². The number of carbonyl (C=O) groups is 4. The molecule has 0 aromatic carbocycles. The van der Waals surface area contributed by atoms with Crippen molar-refractivity contribution in [3.05, 3.63) is 18.2 Å². The van der Waals surface area contributed by atoms with Gasteiger partial charge in [0.1, 0.15) is 18.6 Å². The second kappa shape index (κ2) is 13.1. The maximum absolute atomic E-state index is 12.8. The van der Waals surface area contributed by atoms with Crippen molar-refractivity contribution in [2.75, 3.05) is 24.3 Å². The fraction of sp³-hybridized carbons (Fsp3) is 0.562. The van der Waals surface area contributed by atoms with Crippen molar-refractivity contribution < 1.29 is 24.3 Å². The lowest BCUT2D eigenvalue weighted by Crippen LogP contribution is -2.57. The summed E-state index contributed by atoms with van der Waals surface area (Å²) in [7, 11) is 0. The third-order valence-corrected chi connectivity index (χ3v) is 4.84. The van der Waals surface area contributed by atoms with Crippen molar-refractivity contribution >= 4 is 48.1 Å². The number of rotatable bonds is 13. The van der Waals surface area contributed by atoms with Crippen LogP contribution in [0.4, 0.5) is 0 Å². The topological polar surface area (TPSA) is 179 Å². The van der Waals surface area contributed by atoms with Gasteiger partial charge in [-0.3, -0.25) is 19.2 Å². The Hall–Kier alpha value is -2.25. The molecule has 0 saturated heterocycles. The molecule has 0 fully saturated rings. The third kappa shape index (κ3) is 9.19. The number of hydrogen-bond acceptors (Lipinski definition) is 8. The Kier molecular flexibility index (Phi) is 11.2. The average molecular weight is 447 g/mol. The number of nitrogens with zero attached hydrogens (tertiary/aromatic N) is 1. The second-order valence-corrected chi connectivity index (χ2v) is 7.44. The first-order chi connectivity index (χ1) is 13.8. The van der Waals surface area contributed by atoms with E-state index in [1.807, 2.05) is 6.26 Å². The highest BCUT2D eigenvalue weighted by Crippen LogP contribution is 2.05. The largest absolute Gasteiger partial charge is 0.480 e. The van der Waals surface area contributed by atoms with Crippen LogP contribution in [-0.4, -0.2) is 81.2 Å². The van der Waals surface area contributed by atoms with E-state index in [1.165, 1.54) is 24.3 Å². The molecule has 162 valence electrons. The molecule has 0 aliphatic rings. The molecule has 0 saturated carbocycles. The lowest BCUT2D eigenvalue weighted by Gasteiger charge is -2.23. The van der Waals surface area contributed by atoms with E-state index in [9.17, 15) is 19.2 Å². The summed E-state index contributed by atoms with van der Waals surface area (Å²) in [4.78, 5) is 54.6. The normalized spacial score (nSPS) is 13.8. The van der Waals surface area contributed by atoms with Crippen LogP contribution in [-0.2, 0) is 25.6 Å². The number of nitrogens with two attached hydrogens (primary N) is 1. The van der Waals surface area contributed by atoms with E-state index >= 15 is 0 Å². The Bertz CT molecular complexity index is 687. The van der Waals surface area contributed by atoms with Crippen molar-refractivity contribution in [2.45, 2.75) is 31.0 Å². The number of thioether (sulfide) groups is 1. The number of aromatic amines is 1. The van der Waals surface area contributed by atoms with Gasteiger partial charge in [-0.25, -0.2) is 4.98 Å². The summed E-state index contributed by atoms with van der Waals surface area (Å²) in [6, 6.07) is -2.84. The van der Waals surface area contributed by atoms with Gasteiger partial charge in [0, 0.05) is 24.1 Å². The number of amides is 3. The van der Waals surface area contributed by atoms with Crippen LogP contribution in [0.1, 0.15) is 12.1 Å². The van der Waals surface area contributed by atoms with Gasteiger partial charge in [0.2, 0.25) is 17.7 Å². The summed E-state index contributed by atoms with van der Waals surface area (Å²) in [6.07, 6.45) is 5.16. The molecule has 3 unspecified atom stereocenters. The minimum Gasteiger partial charge on any atom is -0.480 e. The number of nitrogens with one attached hydrogen (secondary N) is 4. The third-order valence-electron chi connectivity index (χ3n) is 3.80. The molecule has 0 bridgehead atoms. The van der Waals surface area contributed by atoms with Crippen LogP contribution < -0.4 is 21.7 Å². The highest BCUT2D eigenvalue weighted by molar-refractivity contribution is 7.98. The molecule has 0 radical (unpaired) electrons. The molecule has 11 nitrogen and oxygen atoms in total. The van der Waals surface area contributed by atoms with Crippen LogP contribution in [0.15, 0.2) is 12.5 Å². The zero-order valence-electron chi connectivity index (χ0n) is 15.9. The van der Waals surface area contributed by atoms with Gasteiger partial charge in [0.25, 0.3) is 0 Å². The fourth-order valence-corrected chi connectivity index (χ4v) is 2.89. The lowest BCUT2D eigenvalue weighted by atomic mass is 10.1. The van der Waals surface area contributed by atoms with Gasteiger partial charge in [-0.2, -0.15) is 24.4 Å². The first kappa shape index (κ1) is 24.8. The number of imidazole rings is 1. The summed E-state index contributed by atoms with van der Waals surface area (Å²) in [5.41, 5.74) is 6.22. The van der Waals surface area contributed by atoms with E-state index in [0.29, 0.717) is 17.9 Å². The molecule has 7 N–H and O–H groups in total. The van der Waals surface area contributed by atoms with Gasteiger partial charge in [0.15, 0.2) is 0 Å². The number of aromatic nitrogens is 2. The quantitative estimate of drug-likeness (QED) is 0.172. The Morgan fingerprint density at radius 3 is 2.48 bits per heavy atom. The smallest absolute Gasteiger partial charge is 0.322 e. The standard InChI is InChI=1S/C16H26N6O5S2/c1-29-3-2-11(21-14(25)10(17)7-28)16(27)22-12(4-9-5-18-8-20-9)15(26)19-6-13(23)24/h5,8,10-12,28H,2-4,6-7,17H2,1H3,(H,18,20)(H,19,26)(H,21,25)(H,22,27)(H,23,24). The molecule has 1 aromatic rings. The van der Waals surface area contributed by atoms with Crippen molar-refractivity contribution in [1.82, 2.24) is 25.9 Å². The van der Waals surface area contributed by atoms with Crippen LogP contribution in [0, 0.1) is 0 Å². The summed E-state index contributed by atoms with van der Waals surface area (Å²) in [5, 5.41) is 16.1. The van der Waals surface area contributed by atoms with Gasteiger partial charge in [0.05, 0.1) is 12.4 Å². The molecule has 13 heteroatoms. The van der Waals surface area contributed by atoms with Crippen LogP contribution >= 0.6 is 24.4 Å². The minimum atomic E-state index is -1.21. The molecule has 1 aromatic heterocycles. The van der Waals surface area contributed by atoms with Crippen molar-refractivity contribution in [3.63, 3.8) is 0 Å². The summed E-state index contributed by atoms with van der Waals surface area (Å²) in [6.45, 7) is -0.586. The Morgan fingerprint density at radius 2 is 1.93 bits per heavy atom. The van der Waals surface area contributed by atoms with Crippen LogP contribution in [0.25, 0.3) is 0 Å². The average Bonchev–Trinajstić information content (AvgIpc) is 3.20. The van der Waals surface area contributed by atoms with Gasteiger partial charge >= 0.3 is 5.97 Å². The van der Waals surface area contributed by atoms with E-state index in [2.05, 4.69) is 38.5 Å². The van der Waals surface area contributed by atoms with Crippen molar-refractivity contribution in [3.8, 4) is 0 Å². The number of hydrogen-bond donors (Lipinski definition) is 7. The zero-order valence-corrected chi connectivity index (χ0v) is 17.6. The van der Waals surface area contributed by atoms with Gasteiger partial charge in [-0.15, -0.1) is 0 Å². The number of carboxylic acids is 1. The highest BCUT2D eigenvalue weighted by Gasteiger charge is 2.28. The Balaban J connectivity index is 2.89. The predicted octanol–water partition coefficient (Wildman–Crippen LogP) is -1.87. The monoisotopic (exact) mass is 446 g/mol. The van der Waals surface area contributed by atoms with Crippen LogP contribution in [0.2, 0.25) is 0 Å². The summed E-state index contributed by atoms with van der Waals surface area (Å²) in [5.74, 6) is -2.28. The number of carboxylic acid groups (broad SMARTS) is 1. The van der Waals surface area contributed by atoms with Gasteiger partial charge in [-0.05, 0) is 18.4 Å². The van der Waals surface area contributed by atoms with Crippen LogP contribution in [0.3, 0.4) is 0 Å². The second-order valence-electron chi connectivity index (χ2n) is 6.09. The molecule has 0 aliphatic carbocycles. The van der Waals surface area contributed by atoms with E-state index in [0.717, 1.165) is 0 Å². The van der Waals surface area contributed by atoms with Crippen molar-refractivity contribution in [1.29, 1.82) is 0 Å². The molecule has 3 atom stereocenters. The maximum atomic E-state index is 12.8. The molecule has 3 amide bonds. The molecule has 0 spiro atoms. The molecule has 1 rings (SSSR count). The van der Waals surface area contributed by atoms with Crippen molar-refractivity contribution in [2.24, 2.45) is 5.73 Å². The van der Waals surface area contributed by atoms with E-state index in [4.69, 9.17) is 10.8 Å². The Labute approximate surface area is 177 Å². The fourth-order valence-electron chi connectivity index (χ4n) is 2.25. The molecular formula is C16H26N6O5S2. The highest BCUT2D eigenvalue weighted by atomic mass is 32.2. The number of thiol groups is 1.